The van der Waals surface area contributed by atoms with E-state index in [4.69, 9.17) is 14.7 Å². The number of aliphatic carboxylic acids is 2. The monoisotopic (exact) mass is 243 g/mol. The zero-order valence-electron chi connectivity index (χ0n) is 9.29. The minimum atomic E-state index is -1.11. The van der Waals surface area contributed by atoms with Gasteiger partial charge in [-0.15, -0.1) is 0 Å². The maximum Gasteiger partial charge on any atom is 0.317 e. The predicted molar refractivity (Wildman–Crippen MR) is 54.2 cm³/mol. The Hall–Kier alpha value is -1.96. The van der Waals surface area contributed by atoms with Crippen LogP contribution in [-0.4, -0.2) is 50.3 Å². The summed E-state index contributed by atoms with van der Waals surface area (Å²) in [5.41, 5.74) is 0. The number of aromatic nitrogens is 2. The van der Waals surface area contributed by atoms with Crippen LogP contribution in [0.25, 0.3) is 0 Å². The first-order valence-electron chi connectivity index (χ1n) is 4.98. The zero-order chi connectivity index (χ0) is 12.8. The fraction of sp³-hybridized carbons (Fsp3) is 0.556. The van der Waals surface area contributed by atoms with Crippen LogP contribution in [0.1, 0.15) is 18.6 Å². The second-order valence-electron chi connectivity index (χ2n) is 3.39. The van der Waals surface area contributed by atoms with E-state index in [-0.39, 0.29) is 12.4 Å². The predicted octanol–water partition coefficient (Wildman–Crippen LogP) is -0.397. The lowest BCUT2D eigenvalue weighted by molar-refractivity contribution is -0.142. The van der Waals surface area contributed by atoms with Gasteiger partial charge in [0.05, 0.1) is 19.6 Å². The minimum absolute atomic E-state index is 0.00556. The van der Waals surface area contributed by atoms with E-state index < -0.39 is 25.0 Å². The minimum Gasteiger partial charge on any atom is -0.480 e. The largest absolute Gasteiger partial charge is 0.480 e. The number of carboxylic acids is 2. The molecule has 8 nitrogen and oxygen atoms in total. The molecule has 0 aliphatic carbocycles. The third kappa shape index (κ3) is 4.60. The summed E-state index contributed by atoms with van der Waals surface area (Å²) in [4.78, 5) is 26.3. The number of aryl methyl sites for hydroxylation is 1. The van der Waals surface area contributed by atoms with Crippen LogP contribution in [-0.2, 0) is 22.6 Å². The summed E-state index contributed by atoms with van der Waals surface area (Å²) in [7, 11) is 0. The number of hydrogen-bond donors (Lipinski definition) is 2. The summed E-state index contributed by atoms with van der Waals surface area (Å²) >= 11 is 0. The highest BCUT2D eigenvalue weighted by Crippen LogP contribution is 2.03. The molecule has 0 saturated carbocycles. The molecule has 0 atom stereocenters. The van der Waals surface area contributed by atoms with E-state index in [1.54, 1.807) is 0 Å². The first-order valence-corrected chi connectivity index (χ1v) is 4.98. The van der Waals surface area contributed by atoms with E-state index in [0.29, 0.717) is 12.2 Å². The molecule has 0 unspecified atom stereocenters. The van der Waals surface area contributed by atoms with Gasteiger partial charge in [-0.25, -0.2) is 0 Å². The molecule has 1 aromatic heterocycles. The highest BCUT2D eigenvalue weighted by molar-refractivity contribution is 5.72. The van der Waals surface area contributed by atoms with E-state index in [0.717, 1.165) is 0 Å². The first kappa shape index (κ1) is 13.1. The average molecular weight is 243 g/mol. The van der Waals surface area contributed by atoms with Crippen molar-refractivity contribution in [3.05, 3.63) is 11.7 Å². The molecule has 17 heavy (non-hydrogen) atoms. The molecule has 0 bridgehead atoms. The molecule has 1 heterocycles. The van der Waals surface area contributed by atoms with Crippen molar-refractivity contribution in [1.82, 2.24) is 15.0 Å². The quantitative estimate of drug-likeness (QED) is 0.664. The standard InChI is InChI=1S/C9H13N3O5/c1-2-6-10-7(17-11-6)3-12(4-8(13)14)5-9(15)16/h2-5H2,1H3,(H,13,14)(H,15,16). The second-order valence-corrected chi connectivity index (χ2v) is 3.39. The SMILES string of the molecule is CCc1noc(CN(CC(=O)O)CC(=O)O)n1. The summed E-state index contributed by atoms with van der Waals surface area (Å²) in [5, 5.41) is 20.9. The van der Waals surface area contributed by atoms with E-state index in [2.05, 4.69) is 10.1 Å². The Morgan fingerprint density at radius 1 is 1.29 bits per heavy atom. The summed E-state index contributed by atoms with van der Waals surface area (Å²) in [6.45, 7) is 1.07. The molecule has 8 heteroatoms. The molecular weight excluding hydrogens is 230 g/mol. The molecule has 0 saturated heterocycles. The lowest BCUT2D eigenvalue weighted by Crippen LogP contribution is -2.34. The zero-order valence-corrected chi connectivity index (χ0v) is 9.29. The number of carbonyl (C=O) groups is 2. The molecule has 94 valence electrons. The van der Waals surface area contributed by atoms with Crippen molar-refractivity contribution in [2.45, 2.75) is 19.9 Å². The van der Waals surface area contributed by atoms with Gasteiger partial charge in [-0.2, -0.15) is 4.98 Å². The third-order valence-corrected chi connectivity index (χ3v) is 1.90. The van der Waals surface area contributed by atoms with Crippen molar-refractivity contribution < 1.29 is 24.3 Å². The van der Waals surface area contributed by atoms with Crippen LogP contribution in [0.3, 0.4) is 0 Å². The van der Waals surface area contributed by atoms with Gasteiger partial charge in [-0.1, -0.05) is 12.1 Å². The van der Waals surface area contributed by atoms with Crippen LogP contribution >= 0.6 is 0 Å². The van der Waals surface area contributed by atoms with Gasteiger partial charge in [-0.05, 0) is 0 Å². The van der Waals surface area contributed by atoms with E-state index >= 15 is 0 Å². The lowest BCUT2D eigenvalue weighted by Gasteiger charge is -2.14. The van der Waals surface area contributed by atoms with Gasteiger partial charge in [0, 0.05) is 6.42 Å². The molecule has 0 aliphatic rings. The summed E-state index contributed by atoms with van der Waals surface area (Å²) in [5.74, 6) is -1.50. The Morgan fingerprint density at radius 3 is 2.29 bits per heavy atom. The highest BCUT2D eigenvalue weighted by Gasteiger charge is 2.17. The van der Waals surface area contributed by atoms with Crippen LogP contribution in [0.4, 0.5) is 0 Å². The van der Waals surface area contributed by atoms with Gasteiger partial charge in [0.1, 0.15) is 0 Å². The van der Waals surface area contributed by atoms with Crippen molar-refractivity contribution in [3.8, 4) is 0 Å². The van der Waals surface area contributed by atoms with Crippen molar-refractivity contribution in [1.29, 1.82) is 0 Å². The molecule has 0 radical (unpaired) electrons. The molecule has 0 aliphatic heterocycles. The van der Waals surface area contributed by atoms with Crippen LogP contribution < -0.4 is 0 Å². The van der Waals surface area contributed by atoms with Crippen molar-refractivity contribution >= 4 is 11.9 Å². The van der Waals surface area contributed by atoms with Crippen molar-refractivity contribution in [2.24, 2.45) is 0 Å². The molecular formula is C9H13N3O5. The van der Waals surface area contributed by atoms with Crippen LogP contribution in [0.15, 0.2) is 4.52 Å². The van der Waals surface area contributed by atoms with E-state index in [1.807, 2.05) is 6.92 Å². The maximum atomic E-state index is 10.5. The Labute approximate surface area is 96.8 Å². The fourth-order valence-corrected chi connectivity index (χ4v) is 1.24. The van der Waals surface area contributed by atoms with E-state index in [9.17, 15) is 9.59 Å². The topological polar surface area (TPSA) is 117 Å². The molecule has 2 N–H and O–H groups in total. The van der Waals surface area contributed by atoms with Gasteiger partial charge in [0.25, 0.3) is 0 Å². The maximum absolute atomic E-state index is 10.5. The molecule has 1 aromatic rings. The summed E-state index contributed by atoms with van der Waals surface area (Å²) in [6.07, 6.45) is 0.599. The number of carboxylic acid groups (broad SMARTS) is 2. The Bertz CT molecular complexity index is 387. The van der Waals surface area contributed by atoms with Crippen LogP contribution in [0, 0.1) is 0 Å². The Balaban J connectivity index is 2.64. The van der Waals surface area contributed by atoms with Gasteiger partial charge < -0.3 is 14.7 Å². The number of hydrogen-bond acceptors (Lipinski definition) is 6. The normalized spacial score (nSPS) is 10.7. The number of nitrogens with zero attached hydrogens (tertiary/aromatic N) is 3. The molecule has 0 fully saturated rings. The van der Waals surface area contributed by atoms with Crippen LogP contribution in [0.2, 0.25) is 0 Å². The van der Waals surface area contributed by atoms with Gasteiger partial charge in [0.2, 0.25) is 5.89 Å². The van der Waals surface area contributed by atoms with Crippen LogP contribution in [0.5, 0.6) is 0 Å². The Morgan fingerprint density at radius 2 is 1.88 bits per heavy atom. The molecule has 0 aromatic carbocycles. The molecule has 0 spiro atoms. The second kappa shape index (κ2) is 5.94. The first-order chi connectivity index (χ1) is 8.01. The van der Waals surface area contributed by atoms with E-state index in [1.165, 1.54) is 4.90 Å². The summed E-state index contributed by atoms with van der Waals surface area (Å²) in [6, 6.07) is 0. The van der Waals surface area contributed by atoms with Crippen molar-refractivity contribution in [2.75, 3.05) is 13.1 Å². The lowest BCUT2D eigenvalue weighted by atomic mass is 10.4. The van der Waals surface area contributed by atoms with Crippen molar-refractivity contribution in [3.63, 3.8) is 0 Å². The van der Waals surface area contributed by atoms with Gasteiger partial charge in [0.15, 0.2) is 5.82 Å². The van der Waals surface area contributed by atoms with Gasteiger partial charge >= 0.3 is 11.9 Å². The summed E-state index contributed by atoms with van der Waals surface area (Å²) < 4.78 is 4.86. The van der Waals surface area contributed by atoms with Gasteiger partial charge in [-0.3, -0.25) is 14.5 Å². The average Bonchev–Trinajstić information content (AvgIpc) is 2.63. The Kier molecular flexibility index (Phi) is 4.58. The third-order valence-electron chi connectivity index (χ3n) is 1.90. The highest BCUT2D eigenvalue weighted by atomic mass is 16.5. The molecule has 0 amide bonds. The smallest absolute Gasteiger partial charge is 0.317 e. The molecule has 1 rings (SSSR count). The number of rotatable bonds is 7. The fourth-order valence-electron chi connectivity index (χ4n) is 1.24.